The number of aryl methyl sites for hydroxylation is 1. The summed E-state index contributed by atoms with van der Waals surface area (Å²) in [6, 6.07) is 5.46. The highest BCUT2D eigenvalue weighted by Gasteiger charge is 2.21. The quantitative estimate of drug-likeness (QED) is 0.755. The standard InChI is InChI=1S/C16H24FN/c1-6-16(5,11-18-12(2)3)10-14-7-8-15(17)9-13(14)4/h6-9,12,18H,1,10-11H2,2-5H3. The van der Waals surface area contributed by atoms with E-state index in [-0.39, 0.29) is 11.2 Å². The van der Waals surface area contributed by atoms with Gasteiger partial charge in [0.15, 0.2) is 0 Å². The molecule has 0 saturated carbocycles. The van der Waals surface area contributed by atoms with Crippen LogP contribution in [0.15, 0.2) is 30.9 Å². The van der Waals surface area contributed by atoms with E-state index < -0.39 is 0 Å². The van der Waals surface area contributed by atoms with Crippen molar-refractivity contribution in [1.29, 1.82) is 0 Å². The van der Waals surface area contributed by atoms with Gasteiger partial charge in [-0.1, -0.05) is 32.9 Å². The molecule has 0 spiro atoms. The van der Waals surface area contributed by atoms with Crippen molar-refractivity contribution in [3.63, 3.8) is 0 Å². The van der Waals surface area contributed by atoms with Crippen molar-refractivity contribution in [3.05, 3.63) is 47.8 Å². The summed E-state index contributed by atoms with van der Waals surface area (Å²) in [7, 11) is 0. The van der Waals surface area contributed by atoms with E-state index in [0.29, 0.717) is 6.04 Å². The van der Waals surface area contributed by atoms with Crippen LogP contribution in [0.2, 0.25) is 0 Å². The molecule has 1 rings (SSSR count). The number of halogens is 1. The van der Waals surface area contributed by atoms with Crippen molar-refractivity contribution < 1.29 is 4.39 Å². The Labute approximate surface area is 110 Å². The van der Waals surface area contributed by atoms with Crippen LogP contribution in [0.1, 0.15) is 31.9 Å². The van der Waals surface area contributed by atoms with Gasteiger partial charge in [-0.2, -0.15) is 0 Å². The molecule has 1 aromatic carbocycles. The van der Waals surface area contributed by atoms with Gasteiger partial charge in [0.2, 0.25) is 0 Å². The third-order valence-electron chi connectivity index (χ3n) is 3.31. The Kier molecular flexibility index (Phi) is 5.09. The lowest BCUT2D eigenvalue weighted by atomic mass is 9.82. The molecule has 100 valence electrons. The van der Waals surface area contributed by atoms with Crippen molar-refractivity contribution in [3.8, 4) is 0 Å². The summed E-state index contributed by atoms with van der Waals surface area (Å²) in [5, 5.41) is 3.44. The van der Waals surface area contributed by atoms with Crippen LogP contribution in [0, 0.1) is 18.2 Å². The third-order valence-corrected chi connectivity index (χ3v) is 3.31. The maximum Gasteiger partial charge on any atom is 0.123 e. The normalized spacial score (nSPS) is 14.6. The van der Waals surface area contributed by atoms with Crippen molar-refractivity contribution in [2.45, 2.75) is 40.2 Å². The Hall–Kier alpha value is -1.15. The van der Waals surface area contributed by atoms with Gasteiger partial charge in [0.25, 0.3) is 0 Å². The Balaban J connectivity index is 2.81. The molecule has 1 aromatic rings. The maximum atomic E-state index is 13.1. The first kappa shape index (κ1) is 14.9. The molecule has 0 aliphatic heterocycles. The maximum absolute atomic E-state index is 13.1. The van der Waals surface area contributed by atoms with Crippen molar-refractivity contribution in [1.82, 2.24) is 5.32 Å². The minimum atomic E-state index is -0.170. The van der Waals surface area contributed by atoms with Gasteiger partial charge in [-0.15, -0.1) is 6.58 Å². The summed E-state index contributed by atoms with van der Waals surface area (Å²) in [6.45, 7) is 13.2. The van der Waals surface area contributed by atoms with Crippen molar-refractivity contribution >= 4 is 0 Å². The van der Waals surface area contributed by atoms with E-state index in [1.165, 1.54) is 11.6 Å². The average Bonchev–Trinajstić information content (AvgIpc) is 2.30. The van der Waals surface area contributed by atoms with Crippen LogP contribution in [0.3, 0.4) is 0 Å². The zero-order valence-corrected chi connectivity index (χ0v) is 11.9. The highest BCUT2D eigenvalue weighted by atomic mass is 19.1. The summed E-state index contributed by atoms with van der Waals surface area (Å²) in [5.74, 6) is -0.170. The van der Waals surface area contributed by atoms with E-state index in [2.05, 4.69) is 32.7 Å². The smallest absolute Gasteiger partial charge is 0.123 e. The van der Waals surface area contributed by atoms with E-state index in [0.717, 1.165) is 18.5 Å². The van der Waals surface area contributed by atoms with Crippen LogP contribution in [0.4, 0.5) is 4.39 Å². The van der Waals surface area contributed by atoms with E-state index in [1.807, 2.05) is 19.1 Å². The van der Waals surface area contributed by atoms with Gasteiger partial charge in [0, 0.05) is 18.0 Å². The van der Waals surface area contributed by atoms with Gasteiger partial charge in [-0.25, -0.2) is 4.39 Å². The van der Waals surface area contributed by atoms with Crippen LogP contribution >= 0.6 is 0 Å². The lowest BCUT2D eigenvalue weighted by Gasteiger charge is -2.28. The van der Waals surface area contributed by atoms with E-state index in [4.69, 9.17) is 0 Å². The second-order valence-electron chi connectivity index (χ2n) is 5.64. The second-order valence-corrected chi connectivity index (χ2v) is 5.64. The monoisotopic (exact) mass is 249 g/mol. The molecule has 0 saturated heterocycles. The van der Waals surface area contributed by atoms with E-state index in [9.17, 15) is 4.39 Å². The SMILES string of the molecule is C=CC(C)(CNC(C)C)Cc1ccc(F)cc1C. The number of nitrogens with one attached hydrogen (secondary N) is 1. The Morgan fingerprint density at radius 3 is 2.61 bits per heavy atom. The number of benzene rings is 1. The second kappa shape index (κ2) is 6.14. The lowest BCUT2D eigenvalue weighted by Crippen LogP contribution is -2.36. The lowest BCUT2D eigenvalue weighted by molar-refractivity contribution is 0.373. The summed E-state index contributed by atoms with van der Waals surface area (Å²) in [4.78, 5) is 0. The van der Waals surface area contributed by atoms with Crippen LogP contribution in [-0.4, -0.2) is 12.6 Å². The molecule has 1 atom stereocenters. The molecule has 18 heavy (non-hydrogen) atoms. The molecule has 0 aromatic heterocycles. The number of rotatable bonds is 6. The molecule has 1 N–H and O–H groups in total. The molecule has 2 heteroatoms. The fourth-order valence-corrected chi connectivity index (χ4v) is 1.94. The molecular weight excluding hydrogens is 225 g/mol. The molecule has 1 unspecified atom stereocenters. The molecule has 1 nitrogen and oxygen atoms in total. The largest absolute Gasteiger partial charge is 0.314 e. The van der Waals surface area contributed by atoms with Crippen molar-refractivity contribution in [2.75, 3.05) is 6.54 Å². The summed E-state index contributed by atoms with van der Waals surface area (Å²) in [5.41, 5.74) is 2.18. The highest BCUT2D eigenvalue weighted by molar-refractivity contribution is 5.28. The molecule has 0 amide bonds. The first-order valence-electron chi connectivity index (χ1n) is 6.48. The minimum absolute atomic E-state index is 0.00708. The Morgan fingerprint density at radius 2 is 2.11 bits per heavy atom. The van der Waals surface area contributed by atoms with Crippen LogP contribution in [0.5, 0.6) is 0 Å². The van der Waals surface area contributed by atoms with Gasteiger partial charge < -0.3 is 5.32 Å². The predicted molar refractivity (Wildman–Crippen MR) is 76.3 cm³/mol. The molecule has 0 aliphatic rings. The fraction of sp³-hybridized carbons (Fsp3) is 0.500. The third kappa shape index (κ3) is 4.26. The first-order valence-corrected chi connectivity index (χ1v) is 6.48. The molecule has 0 radical (unpaired) electrons. The molecule has 0 aliphatic carbocycles. The topological polar surface area (TPSA) is 12.0 Å². The molecular formula is C16H24FN. The van der Waals surface area contributed by atoms with E-state index in [1.54, 1.807) is 6.07 Å². The van der Waals surface area contributed by atoms with Crippen LogP contribution in [-0.2, 0) is 6.42 Å². The Bertz CT molecular complexity index is 412. The molecule has 0 fully saturated rings. The summed E-state index contributed by atoms with van der Waals surface area (Å²) < 4.78 is 13.1. The van der Waals surface area contributed by atoms with Gasteiger partial charge in [-0.05, 0) is 36.6 Å². The highest BCUT2D eigenvalue weighted by Crippen LogP contribution is 2.25. The van der Waals surface area contributed by atoms with Crippen LogP contribution in [0.25, 0.3) is 0 Å². The minimum Gasteiger partial charge on any atom is -0.314 e. The predicted octanol–water partition coefficient (Wildman–Crippen LogP) is 3.87. The summed E-state index contributed by atoms with van der Waals surface area (Å²) in [6.07, 6.45) is 2.87. The fourth-order valence-electron chi connectivity index (χ4n) is 1.94. The zero-order valence-electron chi connectivity index (χ0n) is 11.9. The van der Waals surface area contributed by atoms with Gasteiger partial charge in [-0.3, -0.25) is 0 Å². The number of hydrogen-bond acceptors (Lipinski definition) is 1. The van der Waals surface area contributed by atoms with Gasteiger partial charge in [0.05, 0.1) is 0 Å². The van der Waals surface area contributed by atoms with Crippen molar-refractivity contribution in [2.24, 2.45) is 5.41 Å². The number of hydrogen-bond donors (Lipinski definition) is 1. The van der Waals surface area contributed by atoms with Gasteiger partial charge in [0.1, 0.15) is 5.82 Å². The van der Waals surface area contributed by atoms with E-state index >= 15 is 0 Å². The average molecular weight is 249 g/mol. The Morgan fingerprint density at radius 1 is 1.44 bits per heavy atom. The summed E-state index contributed by atoms with van der Waals surface area (Å²) >= 11 is 0. The van der Waals surface area contributed by atoms with Crippen LogP contribution < -0.4 is 5.32 Å². The molecule has 0 bridgehead atoms. The zero-order chi connectivity index (χ0) is 13.8. The molecule has 0 heterocycles. The van der Waals surface area contributed by atoms with Gasteiger partial charge >= 0.3 is 0 Å². The first-order chi connectivity index (χ1) is 8.36.